The van der Waals surface area contributed by atoms with E-state index in [0.29, 0.717) is 23.6 Å². The highest BCUT2D eigenvalue weighted by molar-refractivity contribution is 6.52. The topological polar surface area (TPSA) is 66.8 Å². The number of Topliss-reactive ketones (excluding diaryl/α,β-unsaturated/α-hetero) is 1. The lowest BCUT2D eigenvalue weighted by molar-refractivity contribution is -0.132. The fourth-order valence-electron chi connectivity index (χ4n) is 4.10. The van der Waals surface area contributed by atoms with E-state index in [1.54, 1.807) is 18.2 Å². The van der Waals surface area contributed by atoms with Gasteiger partial charge in [0.05, 0.1) is 23.2 Å². The minimum atomic E-state index is -0.807. The second kappa shape index (κ2) is 9.12. The largest absolute Gasteiger partial charge is 0.507 e. The predicted molar refractivity (Wildman–Crippen MR) is 130 cm³/mol. The SMILES string of the molecule is CCOc1ccc(Cl)c(/C(O)=C2\C(=O)C(=O)N(c3cc(C)ccc3C)C2c2ccccc2)c1. The smallest absolute Gasteiger partial charge is 0.300 e. The Morgan fingerprint density at radius 1 is 1.03 bits per heavy atom. The van der Waals surface area contributed by atoms with E-state index in [1.165, 1.54) is 4.90 Å². The first-order valence-electron chi connectivity index (χ1n) is 10.7. The van der Waals surface area contributed by atoms with E-state index in [2.05, 4.69) is 0 Å². The van der Waals surface area contributed by atoms with Crippen LogP contribution in [0.5, 0.6) is 5.75 Å². The molecule has 1 aliphatic heterocycles. The molecule has 0 radical (unpaired) electrons. The van der Waals surface area contributed by atoms with Gasteiger partial charge < -0.3 is 9.84 Å². The average molecular weight is 462 g/mol. The Hall–Kier alpha value is -3.57. The number of ketones is 1. The van der Waals surface area contributed by atoms with Gasteiger partial charge in [0.1, 0.15) is 11.5 Å². The lowest BCUT2D eigenvalue weighted by atomic mass is 9.94. The van der Waals surface area contributed by atoms with Crippen molar-refractivity contribution < 1.29 is 19.4 Å². The molecular formula is C27H24ClNO4. The van der Waals surface area contributed by atoms with Crippen LogP contribution in [0.1, 0.15) is 35.2 Å². The number of hydrogen-bond donors (Lipinski definition) is 1. The summed E-state index contributed by atoms with van der Waals surface area (Å²) in [5.74, 6) is -1.29. The lowest BCUT2D eigenvalue weighted by Crippen LogP contribution is -2.30. The summed E-state index contributed by atoms with van der Waals surface area (Å²) < 4.78 is 5.54. The van der Waals surface area contributed by atoms with Crippen LogP contribution in [0.2, 0.25) is 5.02 Å². The van der Waals surface area contributed by atoms with Crippen LogP contribution < -0.4 is 9.64 Å². The highest BCUT2D eigenvalue weighted by Gasteiger charge is 2.47. The molecule has 0 saturated carbocycles. The molecule has 33 heavy (non-hydrogen) atoms. The number of halogens is 1. The molecule has 0 aromatic heterocycles. The summed E-state index contributed by atoms with van der Waals surface area (Å²) in [6.45, 7) is 6.09. The molecule has 1 N–H and O–H groups in total. The number of aliphatic hydroxyl groups excluding tert-OH is 1. The van der Waals surface area contributed by atoms with E-state index in [4.69, 9.17) is 16.3 Å². The fraction of sp³-hybridized carbons (Fsp3) is 0.185. The van der Waals surface area contributed by atoms with Crippen molar-refractivity contribution in [2.24, 2.45) is 0 Å². The summed E-state index contributed by atoms with van der Waals surface area (Å²) in [6.07, 6.45) is 0. The molecule has 0 aliphatic carbocycles. The summed E-state index contributed by atoms with van der Waals surface area (Å²) in [4.78, 5) is 28.1. The Kier molecular flexibility index (Phi) is 6.25. The van der Waals surface area contributed by atoms with Crippen LogP contribution in [-0.4, -0.2) is 23.4 Å². The Labute approximate surface area is 197 Å². The van der Waals surface area contributed by atoms with E-state index in [-0.39, 0.29) is 21.9 Å². The summed E-state index contributed by atoms with van der Waals surface area (Å²) >= 11 is 6.39. The van der Waals surface area contributed by atoms with Gasteiger partial charge in [-0.15, -0.1) is 0 Å². The van der Waals surface area contributed by atoms with Crippen LogP contribution in [0.4, 0.5) is 5.69 Å². The third-order valence-electron chi connectivity index (χ3n) is 5.69. The maximum absolute atomic E-state index is 13.3. The van der Waals surface area contributed by atoms with Crippen molar-refractivity contribution in [3.8, 4) is 5.75 Å². The number of carbonyl (C=O) groups is 2. The highest BCUT2D eigenvalue weighted by Crippen LogP contribution is 2.44. The zero-order valence-corrected chi connectivity index (χ0v) is 19.4. The van der Waals surface area contributed by atoms with E-state index in [1.807, 2.05) is 69.3 Å². The van der Waals surface area contributed by atoms with Crippen molar-refractivity contribution in [2.45, 2.75) is 26.8 Å². The molecule has 6 heteroatoms. The summed E-state index contributed by atoms with van der Waals surface area (Å²) in [5.41, 5.74) is 3.36. The Balaban J connectivity index is 1.98. The van der Waals surface area contributed by atoms with Gasteiger partial charge in [-0.3, -0.25) is 14.5 Å². The summed E-state index contributed by atoms with van der Waals surface area (Å²) in [6, 6.07) is 19.0. The number of hydrogen-bond acceptors (Lipinski definition) is 4. The molecule has 5 nitrogen and oxygen atoms in total. The lowest BCUT2D eigenvalue weighted by Gasteiger charge is -2.27. The number of benzene rings is 3. The molecule has 3 aromatic carbocycles. The number of aryl methyl sites for hydroxylation is 2. The second-order valence-corrected chi connectivity index (χ2v) is 8.35. The van der Waals surface area contributed by atoms with Crippen LogP contribution in [0.25, 0.3) is 5.76 Å². The Morgan fingerprint density at radius 3 is 2.45 bits per heavy atom. The van der Waals surface area contributed by atoms with Gasteiger partial charge in [0.15, 0.2) is 0 Å². The molecule has 1 atom stereocenters. The molecule has 0 bridgehead atoms. The Bertz CT molecular complexity index is 1270. The molecule has 0 spiro atoms. The van der Waals surface area contributed by atoms with E-state index in [0.717, 1.165) is 11.1 Å². The quantitative estimate of drug-likeness (QED) is 0.288. The zero-order valence-electron chi connectivity index (χ0n) is 18.6. The van der Waals surface area contributed by atoms with Crippen LogP contribution in [-0.2, 0) is 9.59 Å². The van der Waals surface area contributed by atoms with Gasteiger partial charge in [-0.05, 0) is 61.7 Å². The predicted octanol–water partition coefficient (Wildman–Crippen LogP) is 5.98. The molecule has 1 fully saturated rings. The number of rotatable bonds is 5. The van der Waals surface area contributed by atoms with Gasteiger partial charge >= 0.3 is 0 Å². The number of aliphatic hydroxyl groups is 1. The standard InChI is InChI=1S/C27H24ClNO4/c1-4-33-19-12-13-21(28)20(15-19)25(30)23-24(18-8-6-5-7-9-18)29(27(32)26(23)31)22-14-16(2)10-11-17(22)3/h5-15,24,30H,4H2,1-3H3/b25-23+. The summed E-state index contributed by atoms with van der Waals surface area (Å²) in [5, 5.41) is 11.6. The third kappa shape index (κ3) is 4.12. The van der Waals surface area contributed by atoms with Gasteiger partial charge in [-0.2, -0.15) is 0 Å². The number of ether oxygens (including phenoxy) is 1. The second-order valence-electron chi connectivity index (χ2n) is 7.94. The molecule has 4 rings (SSSR count). The molecule has 3 aromatic rings. The molecule has 1 amide bonds. The number of anilines is 1. The molecule has 1 heterocycles. The molecule has 168 valence electrons. The van der Waals surface area contributed by atoms with Crippen LogP contribution >= 0.6 is 11.6 Å². The molecule has 1 unspecified atom stereocenters. The molecule has 1 saturated heterocycles. The first-order valence-corrected chi connectivity index (χ1v) is 11.1. The number of carbonyl (C=O) groups excluding carboxylic acids is 2. The first-order chi connectivity index (χ1) is 15.8. The summed E-state index contributed by atoms with van der Waals surface area (Å²) in [7, 11) is 0. The van der Waals surface area contributed by atoms with E-state index in [9.17, 15) is 14.7 Å². The van der Waals surface area contributed by atoms with E-state index < -0.39 is 17.7 Å². The van der Waals surface area contributed by atoms with Crippen molar-refractivity contribution in [3.63, 3.8) is 0 Å². The zero-order chi connectivity index (χ0) is 23.7. The van der Waals surface area contributed by atoms with Crippen molar-refractivity contribution in [2.75, 3.05) is 11.5 Å². The third-order valence-corrected chi connectivity index (χ3v) is 6.02. The minimum Gasteiger partial charge on any atom is -0.507 e. The van der Waals surface area contributed by atoms with Gasteiger partial charge in [-0.1, -0.05) is 54.1 Å². The average Bonchev–Trinajstić information content (AvgIpc) is 3.07. The van der Waals surface area contributed by atoms with Crippen molar-refractivity contribution in [1.29, 1.82) is 0 Å². The van der Waals surface area contributed by atoms with E-state index >= 15 is 0 Å². The molecular weight excluding hydrogens is 438 g/mol. The maximum atomic E-state index is 13.3. The first kappa shape index (κ1) is 22.6. The normalized spacial score (nSPS) is 17.5. The fourth-order valence-corrected chi connectivity index (χ4v) is 4.31. The minimum absolute atomic E-state index is 0.0114. The van der Waals surface area contributed by atoms with Crippen LogP contribution in [0, 0.1) is 13.8 Å². The van der Waals surface area contributed by atoms with Crippen molar-refractivity contribution >= 4 is 34.7 Å². The Morgan fingerprint density at radius 2 is 1.76 bits per heavy atom. The van der Waals surface area contributed by atoms with Gasteiger partial charge in [0, 0.05) is 11.3 Å². The van der Waals surface area contributed by atoms with Crippen molar-refractivity contribution in [3.05, 3.63) is 99.6 Å². The van der Waals surface area contributed by atoms with Crippen molar-refractivity contribution in [1.82, 2.24) is 0 Å². The van der Waals surface area contributed by atoms with Gasteiger partial charge in [0.25, 0.3) is 11.7 Å². The van der Waals surface area contributed by atoms with Crippen LogP contribution in [0.3, 0.4) is 0 Å². The number of amides is 1. The van der Waals surface area contributed by atoms with Crippen LogP contribution in [0.15, 0.2) is 72.3 Å². The number of nitrogens with zero attached hydrogens (tertiary/aromatic N) is 1. The monoisotopic (exact) mass is 461 g/mol. The van der Waals surface area contributed by atoms with Gasteiger partial charge in [-0.25, -0.2) is 0 Å². The van der Waals surface area contributed by atoms with Gasteiger partial charge in [0.2, 0.25) is 0 Å². The maximum Gasteiger partial charge on any atom is 0.300 e. The molecule has 1 aliphatic rings. The highest BCUT2D eigenvalue weighted by atomic mass is 35.5.